The van der Waals surface area contributed by atoms with Crippen molar-refractivity contribution in [3.05, 3.63) is 99.9 Å². The fraction of sp³-hybridized carbons (Fsp3) is 0.308. The van der Waals surface area contributed by atoms with Crippen molar-refractivity contribution in [3.63, 3.8) is 0 Å². The number of nitrogens with zero attached hydrogens (tertiary/aromatic N) is 5. The Kier molecular flexibility index (Phi) is 6.58. The summed E-state index contributed by atoms with van der Waals surface area (Å²) in [7, 11) is 0. The van der Waals surface area contributed by atoms with Crippen LogP contribution in [-0.2, 0) is 19.6 Å². The first-order valence-electron chi connectivity index (χ1n) is 11.8. The van der Waals surface area contributed by atoms with Crippen LogP contribution in [0.5, 0.6) is 0 Å². The molecule has 0 aliphatic carbocycles. The lowest BCUT2D eigenvalue weighted by Crippen LogP contribution is -2.32. The van der Waals surface area contributed by atoms with Crippen LogP contribution in [0.25, 0.3) is 10.9 Å². The Morgan fingerprint density at radius 3 is 2.60 bits per heavy atom. The molecule has 35 heavy (non-hydrogen) atoms. The second-order valence-corrected chi connectivity index (χ2v) is 8.73. The maximum atomic E-state index is 13.1. The summed E-state index contributed by atoms with van der Waals surface area (Å²) in [4.78, 5) is 18.4. The third kappa shape index (κ3) is 4.95. The largest absolute Gasteiger partial charge is 0.468 e. The van der Waals surface area contributed by atoms with Crippen molar-refractivity contribution in [2.45, 2.75) is 52.4 Å². The molecule has 1 atom stereocenters. The smallest absolute Gasteiger partial charge is 0.252 e. The van der Waals surface area contributed by atoms with E-state index in [0.29, 0.717) is 25.2 Å². The van der Waals surface area contributed by atoms with Crippen molar-refractivity contribution in [2.75, 3.05) is 0 Å². The zero-order chi connectivity index (χ0) is 24.2. The van der Waals surface area contributed by atoms with Gasteiger partial charge in [0.15, 0.2) is 5.82 Å². The number of rotatable bonds is 10. The molecule has 9 nitrogen and oxygen atoms in total. The first-order chi connectivity index (χ1) is 17.1. The van der Waals surface area contributed by atoms with Crippen LogP contribution in [0, 0.1) is 6.92 Å². The number of para-hydroxylation sites is 1. The molecule has 0 amide bonds. The van der Waals surface area contributed by atoms with Crippen LogP contribution >= 0.6 is 0 Å². The molecule has 9 heteroatoms. The van der Waals surface area contributed by atoms with Crippen LogP contribution in [0.2, 0.25) is 0 Å². The maximum Gasteiger partial charge on any atom is 0.252 e. The summed E-state index contributed by atoms with van der Waals surface area (Å²) in [5.41, 5.74) is 2.49. The minimum atomic E-state index is -0.136. The molecule has 0 spiro atoms. The summed E-state index contributed by atoms with van der Waals surface area (Å²) < 4.78 is 13.0. The van der Waals surface area contributed by atoms with Crippen molar-refractivity contribution < 1.29 is 8.83 Å². The van der Waals surface area contributed by atoms with E-state index in [0.717, 1.165) is 46.7 Å². The van der Waals surface area contributed by atoms with E-state index in [4.69, 9.17) is 8.83 Å². The normalized spacial score (nSPS) is 12.5. The highest BCUT2D eigenvalue weighted by molar-refractivity contribution is 5.81. The summed E-state index contributed by atoms with van der Waals surface area (Å²) in [5, 5.41) is 13.6. The van der Waals surface area contributed by atoms with E-state index < -0.39 is 0 Å². The lowest BCUT2D eigenvalue weighted by molar-refractivity contribution is 0.144. The van der Waals surface area contributed by atoms with Crippen LogP contribution in [0.3, 0.4) is 0 Å². The Labute approximate surface area is 202 Å². The van der Waals surface area contributed by atoms with Gasteiger partial charge in [0.05, 0.1) is 30.6 Å². The first kappa shape index (κ1) is 22.8. The van der Waals surface area contributed by atoms with Crippen LogP contribution in [0.15, 0.2) is 74.7 Å². The second kappa shape index (κ2) is 10.1. The number of pyridine rings is 1. The van der Waals surface area contributed by atoms with E-state index in [1.54, 1.807) is 17.2 Å². The predicted molar refractivity (Wildman–Crippen MR) is 131 cm³/mol. The zero-order valence-electron chi connectivity index (χ0n) is 19.8. The van der Waals surface area contributed by atoms with Crippen molar-refractivity contribution >= 4 is 10.9 Å². The van der Waals surface area contributed by atoms with Crippen molar-refractivity contribution in [1.29, 1.82) is 0 Å². The number of benzene rings is 1. The molecule has 0 aliphatic heterocycles. The molecule has 5 rings (SSSR count). The molecule has 0 aliphatic rings. The molecule has 4 aromatic heterocycles. The van der Waals surface area contributed by atoms with Crippen LogP contribution in [0.4, 0.5) is 0 Å². The number of aryl methyl sites for hydroxylation is 1. The average molecular weight is 473 g/mol. The number of nitrogens with one attached hydrogen (secondary N) is 1. The molecule has 0 bridgehead atoms. The highest BCUT2D eigenvalue weighted by atomic mass is 16.3. The lowest BCUT2D eigenvalue weighted by Gasteiger charge is -2.30. The number of fused-ring (bicyclic) bond motifs is 1. The molecule has 0 saturated heterocycles. The van der Waals surface area contributed by atoms with Crippen LogP contribution < -0.4 is 5.56 Å². The van der Waals surface area contributed by atoms with Gasteiger partial charge >= 0.3 is 0 Å². The second-order valence-electron chi connectivity index (χ2n) is 8.73. The van der Waals surface area contributed by atoms with Gasteiger partial charge in [-0.05, 0) is 65.1 Å². The van der Waals surface area contributed by atoms with Gasteiger partial charge in [0.25, 0.3) is 5.56 Å². The van der Waals surface area contributed by atoms with E-state index in [1.807, 2.05) is 55.5 Å². The maximum absolute atomic E-state index is 13.1. The number of hydrogen-bond acceptors (Lipinski definition) is 7. The van der Waals surface area contributed by atoms with Gasteiger partial charge in [-0.1, -0.05) is 31.5 Å². The zero-order valence-corrected chi connectivity index (χ0v) is 19.8. The average Bonchev–Trinajstić information content (AvgIpc) is 3.63. The van der Waals surface area contributed by atoms with Gasteiger partial charge in [-0.25, -0.2) is 4.68 Å². The van der Waals surface area contributed by atoms with E-state index >= 15 is 0 Å². The van der Waals surface area contributed by atoms with Crippen LogP contribution in [0.1, 0.15) is 54.3 Å². The quantitative estimate of drug-likeness (QED) is 0.317. The predicted octanol–water partition coefficient (Wildman–Crippen LogP) is 4.60. The molecule has 0 saturated carbocycles. The summed E-state index contributed by atoms with van der Waals surface area (Å²) in [5.74, 6) is 2.31. The van der Waals surface area contributed by atoms with E-state index in [9.17, 15) is 4.79 Å². The summed E-state index contributed by atoms with van der Waals surface area (Å²) in [6.07, 6.45) is 5.03. The number of aromatic nitrogens is 5. The molecular weight excluding hydrogens is 444 g/mol. The summed E-state index contributed by atoms with van der Waals surface area (Å²) >= 11 is 0. The number of H-pyrrole nitrogens is 1. The van der Waals surface area contributed by atoms with Gasteiger partial charge in [-0.15, -0.1) is 5.10 Å². The van der Waals surface area contributed by atoms with Gasteiger partial charge in [0.1, 0.15) is 18.1 Å². The van der Waals surface area contributed by atoms with Gasteiger partial charge < -0.3 is 13.8 Å². The molecule has 1 aromatic carbocycles. The monoisotopic (exact) mass is 472 g/mol. The highest BCUT2D eigenvalue weighted by Crippen LogP contribution is 2.28. The van der Waals surface area contributed by atoms with Crippen molar-refractivity contribution in [1.82, 2.24) is 30.1 Å². The lowest BCUT2D eigenvalue weighted by atomic mass is 10.1. The fourth-order valence-corrected chi connectivity index (χ4v) is 4.51. The Balaban J connectivity index is 1.53. The molecule has 0 fully saturated rings. The van der Waals surface area contributed by atoms with Crippen LogP contribution in [-0.4, -0.2) is 30.1 Å². The highest BCUT2D eigenvalue weighted by Gasteiger charge is 2.27. The minimum Gasteiger partial charge on any atom is -0.468 e. The molecule has 180 valence electrons. The molecule has 0 radical (unpaired) electrons. The Morgan fingerprint density at radius 1 is 1.06 bits per heavy atom. The minimum absolute atomic E-state index is 0.0957. The summed E-state index contributed by atoms with van der Waals surface area (Å²) in [6, 6.07) is 15.4. The Hall–Kier alpha value is -3.98. The van der Waals surface area contributed by atoms with Gasteiger partial charge in [0, 0.05) is 12.1 Å². The third-order valence-corrected chi connectivity index (χ3v) is 6.22. The molecule has 4 heterocycles. The van der Waals surface area contributed by atoms with Crippen molar-refractivity contribution in [2.24, 2.45) is 0 Å². The third-order valence-electron chi connectivity index (χ3n) is 6.22. The van der Waals surface area contributed by atoms with Gasteiger partial charge in [-0.2, -0.15) is 0 Å². The topological polar surface area (TPSA) is 106 Å². The van der Waals surface area contributed by atoms with Gasteiger partial charge in [0.2, 0.25) is 0 Å². The molecular formula is C26H28N6O3. The van der Waals surface area contributed by atoms with E-state index in [1.165, 1.54) is 0 Å². The fourth-order valence-electron chi connectivity index (χ4n) is 4.51. The molecule has 1 N–H and O–H groups in total. The Morgan fingerprint density at radius 2 is 1.86 bits per heavy atom. The Bertz CT molecular complexity index is 1440. The van der Waals surface area contributed by atoms with E-state index in [2.05, 4.69) is 32.3 Å². The number of aromatic amines is 1. The SMILES string of the molecule is CCC[C@@H](c1nnnn1Cc1ccco1)N(Cc1ccco1)Cc1cc2cccc(C)c2[nH]c1=O. The van der Waals surface area contributed by atoms with E-state index in [-0.39, 0.29) is 11.6 Å². The molecule has 5 aromatic rings. The number of hydrogen-bond donors (Lipinski definition) is 1. The van der Waals surface area contributed by atoms with Gasteiger partial charge in [-0.3, -0.25) is 9.69 Å². The molecule has 0 unspecified atom stereocenters. The standard InChI is InChI=1S/C26H28N6O3/c1-3-7-23(25-28-29-30-32(25)17-22-11-6-13-35-22)31(16-21-10-5-12-34-21)15-20-14-19-9-4-8-18(2)24(19)27-26(20)33/h4-6,8-14,23H,3,7,15-17H2,1-2H3,(H,27,33)/t23-/m0/s1. The number of tetrazole rings is 1. The van der Waals surface area contributed by atoms with Crippen molar-refractivity contribution in [3.8, 4) is 0 Å². The number of furan rings is 2. The summed E-state index contributed by atoms with van der Waals surface area (Å²) in [6.45, 7) is 5.48. The first-order valence-corrected chi connectivity index (χ1v) is 11.8.